The highest BCUT2D eigenvalue weighted by Crippen LogP contribution is 2.13. The predicted molar refractivity (Wildman–Crippen MR) is 110 cm³/mol. The topological polar surface area (TPSA) is 50.6 Å². The first-order valence-electron chi connectivity index (χ1n) is 7.96. The highest BCUT2D eigenvalue weighted by molar-refractivity contribution is 14.0. The van der Waals surface area contributed by atoms with Crippen LogP contribution in [0.3, 0.4) is 0 Å². The maximum atomic E-state index is 5.90. The number of hydrogen-bond acceptors (Lipinski definition) is 2. The Balaban J connectivity index is 0.00000288. The summed E-state index contributed by atoms with van der Waals surface area (Å²) in [6.45, 7) is 6.52. The first kappa shape index (κ1) is 20.3. The molecule has 1 atom stereocenters. The minimum absolute atomic E-state index is 0. The molecule has 0 radical (unpaired) electrons. The van der Waals surface area contributed by atoms with Gasteiger partial charge in [0.05, 0.1) is 6.54 Å². The summed E-state index contributed by atoms with van der Waals surface area (Å²) < 4.78 is 8.03. The predicted octanol–water partition coefficient (Wildman–Crippen LogP) is 3.05. The van der Waals surface area contributed by atoms with E-state index < -0.39 is 0 Å². The highest BCUT2D eigenvalue weighted by atomic mass is 127. The fraction of sp³-hybridized carbons (Fsp3) is 0.389. The molecule has 0 saturated carbocycles. The van der Waals surface area contributed by atoms with E-state index in [-0.39, 0.29) is 30.1 Å². The molecule has 2 rings (SSSR count). The monoisotopic (exact) mass is 442 g/mol. The van der Waals surface area contributed by atoms with Crippen molar-refractivity contribution in [1.29, 1.82) is 0 Å². The Hall–Kier alpha value is -1.70. The molecule has 2 aromatic rings. The van der Waals surface area contributed by atoms with Gasteiger partial charge in [-0.25, -0.2) is 0 Å². The number of aryl methyl sites for hydroxylation is 1. The number of aromatic nitrogens is 1. The Morgan fingerprint density at radius 2 is 1.96 bits per heavy atom. The van der Waals surface area contributed by atoms with Crippen LogP contribution in [0.4, 0.5) is 0 Å². The van der Waals surface area contributed by atoms with Crippen LogP contribution >= 0.6 is 24.0 Å². The van der Waals surface area contributed by atoms with Gasteiger partial charge in [0.15, 0.2) is 5.96 Å². The molecule has 0 aliphatic heterocycles. The van der Waals surface area contributed by atoms with Crippen molar-refractivity contribution in [1.82, 2.24) is 15.2 Å². The van der Waals surface area contributed by atoms with Gasteiger partial charge in [0.1, 0.15) is 11.9 Å². The van der Waals surface area contributed by atoms with E-state index in [0.717, 1.165) is 24.8 Å². The minimum Gasteiger partial charge on any atom is -0.489 e. The molecule has 2 N–H and O–H groups in total. The number of aliphatic imine (C=N–C) groups is 1. The van der Waals surface area contributed by atoms with Gasteiger partial charge in [0.25, 0.3) is 0 Å². The zero-order valence-electron chi connectivity index (χ0n) is 14.5. The lowest BCUT2D eigenvalue weighted by atomic mass is 10.2. The molecule has 1 unspecified atom stereocenters. The molecule has 0 spiro atoms. The van der Waals surface area contributed by atoms with Crippen LogP contribution in [0, 0.1) is 6.92 Å². The summed E-state index contributed by atoms with van der Waals surface area (Å²) in [5, 5.41) is 6.59. The number of nitrogens with zero attached hydrogens (tertiary/aromatic N) is 2. The molecule has 1 aromatic carbocycles. The van der Waals surface area contributed by atoms with Crippen LogP contribution in [0.15, 0.2) is 53.8 Å². The second kappa shape index (κ2) is 11.0. The largest absolute Gasteiger partial charge is 0.489 e. The molecular formula is C18H27IN4O. The van der Waals surface area contributed by atoms with Crippen LogP contribution in [0.1, 0.15) is 12.5 Å². The van der Waals surface area contributed by atoms with Crippen LogP contribution in [0.5, 0.6) is 5.75 Å². The lowest BCUT2D eigenvalue weighted by molar-refractivity contribution is 0.223. The highest BCUT2D eigenvalue weighted by Gasteiger charge is 2.05. The molecule has 5 nitrogen and oxygen atoms in total. The maximum absolute atomic E-state index is 5.90. The van der Waals surface area contributed by atoms with E-state index in [9.17, 15) is 0 Å². The fourth-order valence-electron chi connectivity index (χ4n) is 2.25. The quantitative estimate of drug-likeness (QED) is 0.394. The van der Waals surface area contributed by atoms with Gasteiger partial charge in [-0.15, -0.1) is 24.0 Å². The van der Waals surface area contributed by atoms with Crippen LogP contribution in [-0.4, -0.2) is 36.8 Å². The zero-order valence-corrected chi connectivity index (χ0v) is 16.9. The van der Waals surface area contributed by atoms with Crippen LogP contribution in [0.25, 0.3) is 0 Å². The number of ether oxygens (including phenoxy) is 1. The van der Waals surface area contributed by atoms with Gasteiger partial charge in [0.2, 0.25) is 0 Å². The molecule has 0 aliphatic carbocycles. The first-order valence-corrected chi connectivity index (χ1v) is 7.96. The van der Waals surface area contributed by atoms with Crippen molar-refractivity contribution in [3.05, 3.63) is 54.4 Å². The average Bonchev–Trinajstić information content (AvgIpc) is 3.04. The zero-order chi connectivity index (χ0) is 16.5. The summed E-state index contributed by atoms with van der Waals surface area (Å²) in [6, 6.07) is 12.1. The van der Waals surface area contributed by atoms with E-state index in [2.05, 4.69) is 45.6 Å². The minimum atomic E-state index is 0. The van der Waals surface area contributed by atoms with Gasteiger partial charge >= 0.3 is 0 Å². The van der Waals surface area contributed by atoms with Crippen molar-refractivity contribution < 1.29 is 4.74 Å². The number of guanidine groups is 1. The average molecular weight is 442 g/mol. The molecule has 132 valence electrons. The van der Waals surface area contributed by atoms with Crippen LogP contribution in [0.2, 0.25) is 0 Å². The third kappa shape index (κ3) is 7.25. The number of halogens is 1. The number of rotatable bonds is 7. The standard InChI is InChI=1S/C18H26N4O.HI/c1-15-7-6-8-17(13-15)23-16(2)14-21-18(19-3)20-9-12-22-10-4-5-11-22;/h4-8,10-11,13,16H,9,12,14H2,1-3H3,(H2,19,20,21);1H. The van der Waals surface area contributed by atoms with Crippen molar-refractivity contribution in [3.63, 3.8) is 0 Å². The molecule has 0 fully saturated rings. The number of benzene rings is 1. The Labute approximate surface area is 161 Å². The second-order valence-corrected chi connectivity index (χ2v) is 5.55. The van der Waals surface area contributed by atoms with Gasteiger partial charge in [-0.2, -0.15) is 0 Å². The molecule has 0 aliphatic rings. The van der Waals surface area contributed by atoms with Crippen molar-refractivity contribution in [3.8, 4) is 5.75 Å². The fourth-order valence-corrected chi connectivity index (χ4v) is 2.25. The lowest BCUT2D eigenvalue weighted by Crippen LogP contribution is -2.42. The van der Waals surface area contributed by atoms with Gasteiger partial charge < -0.3 is 19.9 Å². The van der Waals surface area contributed by atoms with E-state index in [4.69, 9.17) is 4.74 Å². The molecule has 24 heavy (non-hydrogen) atoms. The number of hydrogen-bond donors (Lipinski definition) is 2. The van der Waals surface area contributed by atoms with Gasteiger partial charge in [-0.3, -0.25) is 4.99 Å². The van der Waals surface area contributed by atoms with E-state index in [1.54, 1.807) is 7.05 Å². The summed E-state index contributed by atoms with van der Waals surface area (Å²) >= 11 is 0. The van der Waals surface area contributed by atoms with Crippen molar-refractivity contribution in [2.24, 2.45) is 4.99 Å². The normalized spacial score (nSPS) is 12.2. The SMILES string of the molecule is CN=C(NCCn1cccc1)NCC(C)Oc1cccc(C)c1.I. The number of nitrogens with one attached hydrogen (secondary N) is 2. The summed E-state index contributed by atoms with van der Waals surface area (Å²) in [4.78, 5) is 4.23. The van der Waals surface area contributed by atoms with E-state index in [0.29, 0.717) is 6.54 Å². The Morgan fingerprint density at radius 1 is 1.21 bits per heavy atom. The molecule has 0 bridgehead atoms. The smallest absolute Gasteiger partial charge is 0.191 e. The Morgan fingerprint density at radius 3 is 2.62 bits per heavy atom. The van der Waals surface area contributed by atoms with E-state index in [1.807, 2.05) is 37.3 Å². The summed E-state index contributed by atoms with van der Waals surface area (Å²) in [6.07, 6.45) is 4.16. The first-order chi connectivity index (χ1) is 11.2. The van der Waals surface area contributed by atoms with Gasteiger partial charge in [-0.1, -0.05) is 12.1 Å². The second-order valence-electron chi connectivity index (χ2n) is 5.55. The summed E-state index contributed by atoms with van der Waals surface area (Å²) in [5.41, 5.74) is 1.20. The molecule has 1 aromatic heterocycles. The molecular weight excluding hydrogens is 415 g/mol. The third-order valence-corrected chi connectivity index (χ3v) is 3.44. The Kier molecular flexibility index (Phi) is 9.29. The van der Waals surface area contributed by atoms with Crippen molar-refractivity contribution in [2.75, 3.05) is 20.1 Å². The molecule has 6 heteroatoms. The molecule has 1 heterocycles. The maximum Gasteiger partial charge on any atom is 0.191 e. The van der Waals surface area contributed by atoms with Gasteiger partial charge in [0, 0.05) is 32.5 Å². The Bertz CT molecular complexity index is 613. The van der Waals surface area contributed by atoms with E-state index in [1.165, 1.54) is 5.56 Å². The van der Waals surface area contributed by atoms with Crippen LogP contribution < -0.4 is 15.4 Å². The van der Waals surface area contributed by atoms with Crippen molar-refractivity contribution >= 4 is 29.9 Å². The third-order valence-electron chi connectivity index (χ3n) is 3.44. The molecule has 0 amide bonds. The van der Waals surface area contributed by atoms with Crippen LogP contribution in [-0.2, 0) is 6.54 Å². The summed E-state index contributed by atoms with van der Waals surface area (Å²) in [7, 11) is 1.77. The lowest BCUT2D eigenvalue weighted by Gasteiger charge is -2.18. The summed E-state index contributed by atoms with van der Waals surface area (Å²) in [5.74, 6) is 1.69. The van der Waals surface area contributed by atoms with Gasteiger partial charge in [-0.05, 0) is 43.7 Å². The van der Waals surface area contributed by atoms with E-state index >= 15 is 0 Å². The molecule has 0 saturated heterocycles. The van der Waals surface area contributed by atoms with Crippen molar-refractivity contribution in [2.45, 2.75) is 26.5 Å².